The zero-order valence-electron chi connectivity index (χ0n) is 16.5. The third kappa shape index (κ3) is 6.48. The molecule has 0 aliphatic carbocycles. The summed E-state index contributed by atoms with van der Waals surface area (Å²) in [7, 11) is -3.12. The number of hydrogen-bond donors (Lipinski definition) is 1. The number of nitrogens with zero attached hydrogens (tertiary/aromatic N) is 3. The van der Waals surface area contributed by atoms with Crippen molar-refractivity contribution in [2.45, 2.75) is 39.5 Å². The third-order valence-electron chi connectivity index (χ3n) is 5.54. The summed E-state index contributed by atoms with van der Waals surface area (Å²) in [4.78, 5) is 17.3. The van der Waals surface area contributed by atoms with Crippen LogP contribution < -0.4 is 5.32 Å². The second-order valence-corrected chi connectivity index (χ2v) is 9.66. The van der Waals surface area contributed by atoms with Gasteiger partial charge in [-0.2, -0.15) is 0 Å². The summed E-state index contributed by atoms with van der Waals surface area (Å²) >= 11 is 0. The van der Waals surface area contributed by atoms with Crippen molar-refractivity contribution in [3.63, 3.8) is 0 Å². The highest BCUT2D eigenvalue weighted by atomic mass is 32.2. The van der Waals surface area contributed by atoms with Gasteiger partial charge in [0, 0.05) is 51.7 Å². The average Bonchev–Trinajstić information content (AvgIpc) is 2.66. The van der Waals surface area contributed by atoms with Crippen molar-refractivity contribution in [1.29, 1.82) is 0 Å². The number of piperidine rings is 1. The quantitative estimate of drug-likeness (QED) is 0.585. The molecule has 2 fully saturated rings. The predicted octanol–water partition coefficient (Wildman–Crippen LogP) is 0.582. The van der Waals surface area contributed by atoms with Crippen LogP contribution >= 0.6 is 0 Å². The van der Waals surface area contributed by atoms with Crippen LogP contribution in [0.4, 0.5) is 0 Å². The van der Waals surface area contributed by atoms with Crippen molar-refractivity contribution in [2.75, 3.05) is 64.7 Å². The van der Waals surface area contributed by atoms with Gasteiger partial charge in [0.15, 0.2) is 0 Å². The van der Waals surface area contributed by atoms with E-state index in [2.05, 4.69) is 22.0 Å². The van der Waals surface area contributed by atoms with Gasteiger partial charge in [-0.3, -0.25) is 4.79 Å². The minimum absolute atomic E-state index is 0.0455. The highest BCUT2D eigenvalue weighted by molar-refractivity contribution is 7.89. The molecule has 0 aromatic heterocycles. The van der Waals surface area contributed by atoms with E-state index in [9.17, 15) is 13.2 Å². The van der Waals surface area contributed by atoms with E-state index in [0.29, 0.717) is 32.5 Å². The number of hydrogen-bond acceptors (Lipinski definition) is 5. The number of rotatable bonds is 9. The van der Waals surface area contributed by atoms with Crippen molar-refractivity contribution in [2.24, 2.45) is 5.92 Å². The van der Waals surface area contributed by atoms with Gasteiger partial charge in [-0.1, -0.05) is 6.92 Å². The van der Waals surface area contributed by atoms with Crippen molar-refractivity contribution in [3.05, 3.63) is 0 Å². The fourth-order valence-corrected chi connectivity index (χ4v) is 4.92. The Bertz CT molecular complexity index is 525. The molecule has 0 atom stereocenters. The van der Waals surface area contributed by atoms with E-state index in [4.69, 9.17) is 0 Å². The molecule has 0 bridgehead atoms. The fourth-order valence-electron chi connectivity index (χ4n) is 3.79. The lowest BCUT2D eigenvalue weighted by Gasteiger charge is -2.34. The molecule has 0 saturated carbocycles. The van der Waals surface area contributed by atoms with Crippen LogP contribution in [0.15, 0.2) is 0 Å². The topological polar surface area (TPSA) is 73.0 Å². The van der Waals surface area contributed by atoms with E-state index in [0.717, 1.165) is 39.1 Å². The molecule has 8 heteroatoms. The summed E-state index contributed by atoms with van der Waals surface area (Å²) in [5.41, 5.74) is 0. The molecule has 1 amide bonds. The van der Waals surface area contributed by atoms with Crippen LogP contribution in [-0.4, -0.2) is 93.1 Å². The number of carbonyl (C=O) groups is 1. The molecule has 0 unspecified atom stereocenters. The number of nitrogens with one attached hydrogen (secondary N) is 1. The molecule has 152 valence electrons. The van der Waals surface area contributed by atoms with Crippen LogP contribution in [0, 0.1) is 5.92 Å². The standard InChI is InChI=1S/C18H36N4O3S/c1-3-9-20-13-15-21(16-14-20)10-5-8-19-18(23)17-6-11-22(12-7-17)26(24,25)4-2/h17H,3-16H2,1-2H3,(H,19,23). The van der Waals surface area contributed by atoms with E-state index >= 15 is 0 Å². The molecule has 7 nitrogen and oxygen atoms in total. The molecule has 2 heterocycles. The lowest BCUT2D eigenvalue weighted by Crippen LogP contribution is -2.47. The molecule has 0 aromatic carbocycles. The minimum Gasteiger partial charge on any atom is -0.356 e. The highest BCUT2D eigenvalue weighted by Gasteiger charge is 2.29. The first-order valence-corrected chi connectivity index (χ1v) is 11.8. The van der Waals surface area contributed by atoms with Crippen molar-refractivity contribution in [3.8, 4) is 0 Å². The Morgan fingerprint density at radius 1 is 0.962 bits per heavy atom. The van der Waals surface area contributed by atoms with Gasteiger partial charge < -0.3 is 15.1 Å². The number of carbonyl (C=O) groups excluding carboxylic acids is 1. The van der Waals surface area contributed by atoms with Crippen LogP contribution in [-0.2, 0) is 14.8 Å². The van der Waals surface area contributed by atoms with E-state index in [1.807, 2.05) is 0 Å². The Morgan fingerprint density at radius 2 is 1.54 bits per heavy atom. The maximum atomic E-state index is 12.3. The SMILES string of the molecule is CCCN1CCN(CCCNC(=O)C2CCN(S(=O)(=O)CC)CC2)CC1. The Hall–Kier alpha value is -0.700. The fraction of sp³-hybridized carbons (Fsp3) is 0.944. The van der Waals surface area contributed by atoms with Crippen molar-refractivity contribution < 1.29 is 13.2 Å². The Balaban J connectivity index is 1.57. The third-order valence-corrected chi connectivity index (χ3v) is 7.42. The van der Waals surface area contributed by atoms with Gasteiger partial charge in [-0.15, -0.1) is 0 Å². The van der Waals surface area contributed by atoms with Gasteiger partial charge in [0.2, 0.25) is 15.9 Å². The van der Waals surface area contributed by atoms with E-state index in [1.165, 1.54) is 17.3 Å². The Kier molecular flexibility index (Phi) is 8.79. The van der Waals surface area contributed by atoms with Gasteiger partial charge in [0.25, 0.3) is 0 Å². The molecule has 0 radical (unpaired) electrons. The summed E-state index contributed by atoms with van der Waals surface area (Å²) < 4.78 is 25.3. The molecular weight excluding hydrogens is 352 g/mol. The van der Waals surface area contributed by atoms with E-state index in [-0.39, 0.29) is 17.6 Å². The lowest BCUT2D eigenvalue weighted by molar-refractivity contribution is -0.126. The van der Waals surface area contributed by atoms with Crippen LogP contribution in [0.3, 0.4) is 0 Å². The lowest BCUT2D eigenvalue weighted by atomic mass is 9.97. The first-order chi connectivity index (χ1) is 12.5. The summed E-state index contributed by atoms with van der Waals surface area (Å²) in [5, 5.41) is 3.04. The minimum atomic E-state index is -3.12. The van der Waals surface area contributed by atoms with Gasteiger partial charge in [-0.25, -0.2) is 12.7 Å². The van der Waals surface area contributed by atoms with Crippen molar-refractivity contribution >= 4 is 15.9 Å². The normalized spacial score (nSPS) is 21.8. The first-order valence-electron chi connectivity index (χ1n) is 10.2. The zero-order chi connectivity index (χ0) is 19.0. The smallest absolute Gasteiger partial charge is 0.223 e. The second kappa shape index (κ2) is 10.6. The van der Waals surface area contributed by atoms with Gasteiger partial charge in [0.05, 0.1) is 5.75 Å². The number of amides is 1. The molecule has 2 saturated heterocycles. The largest absolute Gasteiger partial charge is 0.356 e. The van der Waals surface area contributed by atoms with Crippen LogP contribution in [0.25, 0.3) is 0 Å². The molecule has 1 N–H and O–H groups in total. The molecule has 2 aliphatic heterocycles. The van der Waals surface area contributed by atoms with Gasteiger partial charge >= 0.3 is 0 Å². The molecule has 26 heavy (non-hydrogen) atoms. The maximum Gasteiger partial charge on any atom is 0.223 e. The average molecular weight is 389 g/mol. The monoisotopic (exact) mass is 388 g/mol. The zero-order valence-corrected chi connectivity index (χ0v) is 17.3. The maximum absolute atomic E-state index is 12.3. The Morgan fingerprint density at radius 3 is 2.08 bits per heavy atom. The number of sulfonamides is 1. The summed E-state index contributed by atoms with van der Waals surface area (Å²) in [6.07, 6.45) is 3.45. The Labute approximate surface area is 159 Å². The van der Waals surface area contributed by atoms with Crippen LogP contribution in [0.5, 0.6) is 0 Å². The van der Waals surface area contributed by atoms with Gasteiger partial charge in [-0.05, 0) is 45.7 Å². The summed E-state index contributed by atoms with van der Waals surface area (Å²) in [6, 6.07) is 0. The van der Waals surface area contributed by atoms with E-state index < -0.39 is 10.0 Å². The summed E-state index contributed by atoms with van der Waals surface area (Å²) in [5.74, 6) is 0.179. The second-order valence-electron chi connectivity index (χ2n) is 7.40. The molecule has 0 spiro atoms. The summed E-state index contributed by atoms with van der Waals surface area (Å²) in [6.45, 7) is 12.3. The first kappa shape index (κ1) is 21.6. The van der Waals surface area contributed by atoms with Crippen LogP contribution in [0.2, 0.25) is 0 Å². The molecular formula is C18H36N4O3S. The van der Waals surface area contributed by atoms with Gasteiger partial charge in [0.1, 0.15) is 0 Å². The molecule has 2 aliphatic rings. The van der Waals surface area contributed by atoms with Crippen LogP contribution in [0.1, 0.15) is 39.5 Å². The number of piperazine rings is 1. The molecule has 0 aromatic rings. The highest BCUT2D eigenvalue weighted by Crippen LogP contribution is 2.20. The van der Waals surface area contributed by atoms with E-state index in [1.54, 1.807) is 6.92 Å². The van der Waals surface area contributed by atoms with Crippen molar-refractivity contribution in [1.82, 2.24) is 19.4 Å². The molecule has 2 rings (SSSR count). The predicted molar refractivity (Wildman–Crippen MR) is 105 cm³/mol.